The summed E-state index contributed by atoms with van der Waals surface area (Å²) in [5.41, 5.74) is 0.0830. The van der Waals surface area contributed by atoms with Crippen LogP contribution in [0.25, 0.3) is 0 Å². The Hall–Kier alpha value is -2.07. The number of morpholine rings is 1. The highest BCUT2D eigenvalue weighted by atomic mass is 16.5. The van der Waals surface area contributed by atoms with Gasteiger partial charge in [-0.15, -0.1) is 0 Å². The highest BCUT2D eigenvalue weighted by Crippen LogP contribution is 2.13. The van der Waals surface area contributed by atoms with Gasteiger partial charge in [0.1, 0.15) is 11.6 Å². The molecule has 21 heavy (non-hydrogen) atoms. The first-order valence-electron chi connectivity index (χ1n) is 7.04. The zero-order valence-electron chi connectivity index (χ0n) is 12.5. The summed E-state index contributed by atoms with van der Waals surface area (Å²) in [5, 5.41) is 14.6. The fourth-order valence-corrected chi connectivity index (χ4v) is 2.18. The molecule has 0 aromatic heterocycles. The minimum absolute atomic E-state index is 0.0278. The smallest absolute Gasteiger partial charge is 0.266 e. The maximum Gasteiger partial charge on any atom is 0.266 e. The van der Waals surface area contributed by atoms with Gasteiger partial charge >= 0.3 is 0 Å². The number of hydrogen-bond donors (Lipinski definition) is 2. The van der Waals surface area contributed by atoms with E-state index in [2.05, 4.69) is 10.6 Å². The van der Waals surface area contributed by atoms with Crippen LogP contribution < -0.4 is 10.6 Å². The first kappa shape index (κ1) is 17.0. The zero-order valence-corrected chi connectivity index (χ0v) is 12.5. The normalized spacial score (nSPS) is 22.3. The topological polar surface area (TPSA) is 94.5 Å². The van der Waals surface area contributed by atoms with Crippen LogP contribution in [0.2, 0.25) is 0 Å². The van der Waals surface area contributed by atoms with Gasteiger partial charge in [0, 0.05) is 32.4 Å². The van der Waals surface area contributed by atoms with Crippen molar-refractivity contribution in [3.05, 3.63) is 11.8 Å². The van der Waals surface area contributed by atoms with E-state index in [0.717, 1.165) is 0 Å². The molecule has 2 N–H and O–H groups in total. The SMILES string of the molecule is CC1CN(C(=O)/C(C#N)=C\NCCCNC=O)CC(C)O1. The quantitative estimate of drug-likeness (QED) is 0.292. The second-order valence-electron chi connectivity index (χ2n) is 5.02. The van der Waals surface area contributed by atoms with Gasteiger partial charge in [0.2, 0.25) is 6.41 Å². The minimum atomic E-state index is -0.280. The maximum atomic E-state index is 12.3. The van der Waals surface area contributed by atoms with Gasteiger partial charge < -0.3 is 20.3 Å². The van der Waals surface area contributed by atoms with E-state index in [-0.39, 0.29) is 23.7 Å². The third-order valence-electron chi connectivity index (χ3n) is 3.03. The van der Waals surface area contributed by atoms with E-state index < -0.39 is 0 Å². The van der Waals surface area contributed by atoms with Crippen molar-refractivity contribution >= 4 is 12.3 Å². The Balaban J connectivity index is 2.48. The molecule has 7 heteroatoms. The third kappa shape index (κ3) is 5.83. The van der Waals surface area contributed by atoms with Crippen LogP contribution in [-0.2, 0) is 14.3 Å². The van der Waals surface area contributed by atoms with Gasteiger partial charge in [-0.05, 0) is 20.3 Å². The van der Waals surface area contributed by atoms with Crippen LogP contribution in [0.3, 0.4) is 0 Å². The first-order valence-corrected chi connectivity index (χ1v) is 7.04. The summed E-state index contributed by atoms with van der Waals surface area (Å²) in [6.45, 7) is 5.93. The summed E-state index contributed by atoms with van der Waals surface area (Å²) in [6.07, 6.45) is 2.74. The minimum Gasteiger partial charge on any atom is -0.390 e. The third-order valence-corrected chi connectivity index (χ3v) is 3.03. The Labute approximate surface area is 124 Å². The highest BCUT2D eigenvalue weighted by molar-refractivity contribution is 5.97. The zero-order chi connectivity index (χ0) is 15.7. The van der Waals surface area contributed by atoms with Crippen molar-refractivity contribution in [2.45, 2.75) is 32.5 Å². The molecule has 116 valence electrons. The van der Waals surface area contributed by atoms with E-state index in [1.54, 1.807) is 4.90 Å². The molecule has 1 rings (SSSR count). The lowest BCUT2D eigenvalue weighted by Crippen LogP contribution is -2.48. The second kappa shape index (κ2) is 8.97. The summed E-state index contributed by atoms with van der Waals surface area (Å²) in [6, 6.07) is 1.93. The number of hydrogen-bond acceptors (Lipinski definition) is 5. The molecule has 2 atom stereocenters. The number of rotatable bonds is 7. The molecule has 1 fully saturated rings. The summed E-state index contributed by atoms with van der Waals surface area (Å²) in [4.78, 5) is 24.0. The Morgan fingerprint density at radius 3 is 2.52 bits per heavy atom. The lowest BCUT2D eigenvalue weighted by Gasteiger charge is -2.35. The Kier molecular flexibility index (Phi) is 7.26. The molecular formula is C14H22N4O3. The average Bonchev–Trinajstić information content (AvgIpc) is 2.45. The van der Waals surface area contributed by atoms with Crippen LogP contribution in [0.15, 0.2) is 11.8 Å². The van der Waals surface area contributed by atoms with Crippen molar-refractivity contribution in [2.75, 3.05) is 26.2 Å². The molecule has 0 radical (unpaired) electrons. The number of ether oxygens (including phenoxy) is 1. The molecule has 2 amide bonds. The van der Waals surface area contributed by atoms with E-state index in [1.165, 1.54) is 6.20 Å². The molecule has 0 saturated carbocycles. The standard InChI is InChI=1S/C14H22N4O3/c1-11-8-18(9-12(2)21-11)14(20)13(6-15)7-16-4-3-5-17-10-19/h7,10-12,16H,3-5,8-9H2,1-2H3,(H,17,19)/b13-7-. The van der Waals surface area contributed by atoms with E-state index >= 15 is 0 Å². The molecular weight excluding hydrogens is 272 g/mol. The second-order valence-corrected chi connectivity index (χ2v) is 5.02. The number of carbonyl (C=O) groups is 2. The van der Waals surface area contributed by atoms with E-state index in [4.69, 9.17) is 10.00 Å². The lowest BCUT2D eigenvalue weighted by molar-refractivity contribution is -0.138. The first-order chi connectivity index (χ1) is 10.1. The summed E-state index contributed by atoms with van der Waals surface area (Å²) < 4.78 is 5.57. The maximum absolute atomic E-state index is 12.3. The van der Waals surface area contributed by atoms with Crippen LogP contribution in [0.5, 0.6) is 0 Å². The van der Waals surface area contributed by atoms with Gasteiger partial charge in [0.15, 0.2) is 0 Å². The monoisotopic (exact) mass is 294 g/mol. The van der Waals surface area contributed by atoms with Crippen LogP contribution in [0.4, 0.5) is 0 Å². The molecule has 0 aromatic rings. The van der Waals surface area contributed by atoms with Gasteiger partial charge in [-0.25, -0.2) is 0 Å². The molecule has 1 heterocycles. The van der Waals surface area contributed by atoms with Crippen LogP contribution >= 0.6 is 0 Å². The molecule has 7 nitrogen and oxygen atoms in total. The van der Waals surface area contributed by atoms with Crippen molar-refractivity contribution in [3.63, 3.8) is 0 Å². The highest BCUT2D eigenvalue weighted by Gasteiger charge is 2.27. The number of nitrogens with one attached hydrogen (secondary N) is 2. The number of carbonyl (C=O) groups excluding carboxylic acids is 2. The summed E-state index contributed by atoms with van der Waals surface area (Å²) in [5.74, 6) is -0.280. The predicted octanol–water partition coefficient (Wildman–Crippen LogP) is -0.245. The Morgan fingerprint density at radius 2 is 1.95 bits per heavy atom. The van der Waals surface area contributed by atoms with Gasteiger partial charge in [-0.2, -0.15) is 5.26 Å². The number of nitrogens with zero attached hydrogens (tertiary/aromatic N) is 2. The van der Waals surface area contributed by atoms with Gasteiger partial charge in [-0.1, -0.05) is 0 Å². The number of amides is 2. The predicted molar refractivity (Wildman–Crippen MR) is 77.0 cm³/mol. The molecule has 0 aliphatic carbocycles. The molecule has 2 unspecified atom stereocenters. The Morgan fingerprint density at radius 1 is 1.33 bits per heavy atom. The Bertz CT molecular complexity index is 420. The molecule has 1 aliphatic heterocycles. The summed E-state index contributed by atoms with van der Waals surface area (Å²) in [7, 11) is 0. The molecule has 0 aromatic carbocycles. The molecule has 1 aliphatic rings. The lowest BCUT2D eigenvalue weighted by atomic mass is 10.2. The van der Waals surface area contributed by atoms with E-state index in [1.807, 2.05) is 19.9 Å². The summed E-state index contributed by atoms with van der Waals surface area (Å²) >= 11 is 0. The van der Waals surface area contributed by atoms with Gasteiger partial charge in [-0.3, -0.25) is 9.59 Å². The van der Waals surface area contributed by atoms with Crippen molar-refractivity contribution in [1.29, 1.82) is 5.26 Å². The number of nitriles is 1. The van der Waals surface area contributed by atoms with Crippen LogP contribution in [0.1, 0.15) is 20.3 Å². The van der Waals surface area contributed by atoms with Crippen LogP contribution in [-0.4, -0.2) is 55.6 Å². The van der Waals surface area contributed by atoms with E-state index in [0.29, 0.717) is 39.0 Å². The van der Waals surface area contributed by atoms with E-state index in [9.17, 15) is 9.59 Å². The van der Waals surface area contributed by atoms with Crippen molar-refractivity contribution < 1.29 is 14.3 Å². The molecule has 1 saturated heterocycles. The van der Waals surface area contributed by atoms with Gasteiger partial charge in [0.05, 0.1) is 12.2 Å². The van der Waals surface area contributed by atoms with Gasteiger partial charge in [0.25, 0.3) is 5.91 Å². The largest absolute Gasteiger partial charge is 0.390 e. The fourth-order valence-electron chi connectivity index (χ4n) is 2.18. The average molecular weight is 294 g/mol. The van der Waals surface area contributed by atoms with Crippen molar-refractivity contribution in [2.24, 2.45) is 0 Å². The van der Waals surface area contributed by atoms with Crippen molar-refractivity contribution in [3.8, 4) is 6.07 Å². The fraction of sp³-hybridized carbons (Fsp3) is 0.643. The molecule has 0 bridgehead atoms. The van der Waals surface area contributed by atoms with Crippen molar-refractivity contribution in [1.82, 2.24) is 15.5 Å². The van der Waals surface area contributed by atoms with Crippen LogP contribution in [0, 0.1) is 11.3 Å². The molecule has 0 spiro atoms.